The summed E-state index contributed by atoms with van der Waals surface area (Å²) in [6.45, 7) is 0. The van der Waals surface area contributed by atoms with Crippen LogP contribution in [0, 0.1) is 0 Å². The molecule has 0 aromatic heterocycles. The van der Waals surface area contributed by atoms with E-state index < -0.39 is 20.4 Å². The molecule has 2 N–H and O–H groups in total. The van der Waals surface area contributed by atoms with E-state index in [9.17, 15) is 0 Å². The first-order valence-electron chi connectivity index (χ1n) is 0.532. The molecule has 0 fully saturated rings. The van der Waals surface area contributed by atoms with E-state index in [1.54, 1.807) is 0 Å². The smallest absolute Gasteiger partial charge is 1.00 e. The van der Waals surface area contributed by atoms with Gasteiger partial charge < -0.3 is 1.43 Å². The maximum absolute atomic E-state index is 8.81. The molecule has 0 heterocycles. The monoisotopic (exact) mass is 220 g/mol. The van der Waals surface area contributed by atoms with E-state index in [1.807, 2.05) is 0 Å². The summed E-state index contributed by atoms with van der Waals surface area (Å²) in [5.41, 5.74) is 0. The third-order valence-electron chi connectivity index (χ3n) is 0. The van der Waals surface area contributed by atoms with Crippen LogP contribution in [-0.4, -0.2) is 27.3 Å². The molecule has 0 saturated carbocycles. The summed E-state index contributed by atoms with van der Waals surface area (Å²) >= 11 is -3.61. The molecule has 0 bridgehead atoms. The molecule has 0 aromatic rings. The Balaban J connectivity index is -0.0000000450. The second-order valence-electron chi connectivity index (χ2n) is 0.231. The third-order valence-corrected chi connectivity index (χ3v) is 0. The van der Waals surface area contributed by atoms with E-state index in [-0.39, 0.29) is 52.8 Å². The van der Waals surface area contributed by atoms with Gasteiger partial charge in [0.15, 0.2) is 0 Å². The quantitative estimate of drug-likeness (QED) is 0.403. The molecular weight excluding hydrogens is 215 g/mol. The first-order chi connectivity index (χ1) is 1.73. The summed E-state index contributed by atoms with van der Waals surface area (Å²) < 4.78 is 23.3. The van der Waals surface area contributed by atoms with Gasteiger partial charge in [0, 0.05) is 0 Å². The molecule has 0 rings (SSSR count). The van der Waals surface area contributed by atoms with Crippen LogP contribution in [0.4, 0.5) is 0 Å². The van der Waals surface area contributed by atoms with Gasteiger partial charge in [-0.25, -0.2) is 0 Å². The average molecular weight is 218 g/mol. The molecule has 0 spiro atoms. The van der Waals surface area contributed by atoms with Crippen LogP contribution in [0.3, 0.4) is 0 Å². The predicted octanol–water partition coefficient (Wildman–Crippen LogP) is -4.50. The van der Waals surface area contributed by atoms with Crippen LogP contribution in [0.5, 0.6) is 0 Å². The Bertz CT molecular complexity index is 33.8. The van der Waals surface area contributed by atoms with Crippen molar-refractivity contribution in [3.05, 3.63) is 0 Å². The Morgan fingerprint density at radius 1 is 1.60 bits per heavy atom. The summed E-state index contributed by atoms with van der Waals surface area (Å²) in [6.07, 6.45) is 0. The molecule has 0 aromatic carbocycles. The Labute approximate surface area is 81.4 Å². The van der Waals surface area contributed by atoms with Crippen molar-refractivity contribution in [1.82, 2.24) is 0 Å². The van der Waals surface area contributed by atoms with Gasteiger partial charge in [-0.15, -0.1) is 0 Å². The van der Waals surface area contributed by atoms with Crippen LogP contribution < -0.4 is 51.4 Å². The third kappa shape index (κ3) is 22.9. The molecule has 0 unspecified atom stereocenters. The Kier molecular flexibility index (Phi) is 12.5. The summed E-state index contributed by atoms with van der Waals surface area (Å²) in [5.74, 6) is 0. The van der Waals surface area contributed by atoms with Gasteiger partial charge in [0.2, 0.25) is 0 Å². The van der Waals surface area contributed by atoms with E-state index in [2.05, 4.69) is 0 Å². The van der Waals surface area contributed by atoms with E-state index >= 15 is 0 Å². The van der Waals surface area contributed by atoms with Crippen LogP contribution in [-0.2, 0) is 3.10 Å². The van der Waals surface area contributed by atoms with Crippen molar-refractivity contribution in [3.8, 4) is 0 Å². The first kappa shape index (κ1) is 10.2. The fourth-order valence-corrected chi connectivity index (χ4v) is 0. The molecule has 0 aliphatic heterocycles. The van der Waals surface area contributed by atoms with Crippen molar-refractivity contribution in [3.63, 3.8) is 0 Å². The molecule has 0 aliphatic rings. The molecule has 28 valence electrons. The summed E-state index contributed by atoms with van der Waals surface area (Å²) in [6, 6.07) is 0. The van der Waals surface area contributed by atoms with Crippen molar-refractivity contribution in [1.29, 1.82) is 0 Å². The Hall–Kier alpha value is 2.15. The molecule has 0 amide bonds. The second kappa shape index (κ2) is 6.15. The molecule has 0 saturated heterocycles. The van der Waals surface area contributed by atoms with Gasteiger partial charge in [-0.05, 0) is 0 Å². The second-order valence-corrected chi connectivity index (χ2v) is 1.55. The minimum absolute atomic E-state index is 0. The number of hydrogen-bond acceptors (Lipinski definition) is 1. The first-order valence-corrected chi connectivity index (χ1v) is 3.57. The molecular formula is H3KO3Te. The molecule has 0 atom stereocenters. The topological polar surface area (TPSA) is 57.5 Å². The van der Waals surface area contributed by atoms with Crippen molar-refractivity contribution < 1.29 is 62.9 Å². The summed E-state index contributed by atoms with van der Waals surface area (Å²) in [5, 5.41) is 0. The maximum Gasteiger partial charge on any atom is 1.00 e. The SMILES string of the molecule is O=[Te](O)O.[H-].[K+]. The molecule has 0 radical (unpaired) electrons. The van der Waals surface area contributed by atoms with E-state index in [0.717, 1.165) is 0 Å². The molecule has 5 heavy (non-hydrogen) atoms. The minimum Gasteiger partial charge on any atom is -1.00 e. The van der Waals surface area contributed by atoms with Crippen LogP contribution in [0.25, 0.3) is 0 Å². The van der Waals surface area contributed by atoms with Gasteiger partial charge >= 0.3 is 81.8 Å². The van der Waals surface area contributed by atoms with Crippen LogP contribution in [0.2, 0.25) is 0 Å². The molecule has 5 heteroatoms. The molecule has 0 aliphatic carbocycles. The summed E-state index contributed by atoms with van der Waals surface area (Å²) in [4.78, 5) is 0. The number of hydrogen-bond donors (Lipinski definition) is 2. The van der Waals surface area contributed by atoms with Crippen molar-refractivity contribution in [2.24, 2.45) is 0 Å². The van der Waals surface area contributed by atoms with Gasteiger partial charge in [0.25, 0.3) is 0 Å². The van der Waals surface area contributed by atoms with Crippen LogP contribution in [0.15, 0.2) is 0 Å². The number of rotatable bonds is 0. The van der Waals surface area contributed by atoms with Crippen molar-refractivity contribution in [2.45, 2.75) is 0 Å². The van der Waals surface area contributed by atoms with Crippen molar-refractivity contribution in [2.75, 3.05) is 0 Å². The minimum atomic E-state index is -3.61. The molecule has 3 nitrogen and oxygen atoms in total. The van der Waals surface area contributed by atoms with Gasteiger partial charge in [-0.1, -0.05) is 0 Å². The Morgan fingerprint density at radius 3 is 1.60 bits per heavy atom. The fraction of sp³-hybridized carbons (Fsp3) is 0. The van der Waals surface area contributed by atoms with Crippen LogP contribution in [0.1, 0.15) is 1.43 Å². The van der Waals surface area contributed by atoms with Gasteiger partial charge in [0.05, 0.1) is 0 Å². The largest absolute Gasteiger partial charge is 1.00 e. The normalized spacial score (nSPS) is 7.00. The van der Waals surface area contributed by atoms with Gasteiger partial charge in [-0.3, -0.25) is 0 Å². The van der Waals surface area contributed by atoms with E-state index in [0.29, 0.717) is 0 Å². The van der Waals surface area contributed by atoms with Gasteiger partial charge in [0.1, 0.15) is 0 Å². The van der Waals surface area contributed by atoms with E-state index in [4.69, 9.17) is 10.0 Å². The fourth-order valence-electron chi connectivity index (χ4n) is 0. The van der Waals surface area contributed by atoms with Crippen LogP contribution >= 0.6 is 0 Å². The zero-order valence-corrected chi connectivity index (χ0v) is 8.16. The Morgan fingerprint density at radius 2 is 1.60 bits per heavy atom. The zero-order chi connectivity index (χ0) is 3.58. The zero-order valence-electron chi connectivity index (χ0n) is 3.71. The maximum atomic E-state index is 8.81. The van der Waals surface area contributed by atoms with Crippen molar-refractivity contribution >= 4 is 20.4 Å². The van der Waals surface area contributed by atoms with E-state index in [1.165, 1.54) is 0 Å². The van der Waals surface area contributed by atoms with Gasteiger partial charge in [-0.2, -0.15) is 0 Å². The summed E-state index contributed by atoms with van der Waals surface area (Å²) in [7, 11) is 0. The average Bonchev–Trinajstić information content (AvgIpc) is 0.811. The standard InChI is InChI=1S/K.H2O3Te.H/c;1-4(2)3;/h;(H2,1,2,3);/q+1;;-1. The predicted molar refractivity (Wildman–Crippen MR) is 12.0 cm³/mol.